The first-order valence-electron chi connectivity index (χ1n) is 8.12. The molecule has 0 spiro atoms. The molecule has 7 nitrogen and oxygen atoms in total. The Morgan fingerprint density at radius 1 is 1.44 bits per heavy atom. The van der Waals surface area contributed by atoms with Gasteiger partial charge in [0.1, 0.15) is 11.3 Å². The molecule has 1 amide bonds. The van der Waals surface area contributed by atoms with Crippen molar-refractivity contribution in [1.29, 1.82) is 0 Å². The van der Waals surface area contributed by atoms with Gasteiger partial charge in [-0.3, -0.25) is 4.79 Å². The topological polar surface area (TPSA) is 80.5 Å². The fourth-order valence-electron chi connectivity index (χ4n) is 2.92. The third kappa shape index (κ3) is 3.09. The summed E-state index contributed by atoms with van der Waals surface area (Å²) in [6, 6.07) is 4.55. The molecule has 0 saturated carbocycles. The van der Waals surface area contributed by atoms with Crippen molar-refractivity contribution in [3.8, 4) is 5.75 Å². The van der Waals surface area contributed by atoms with E-state index >= 15 is 0 Å². The van der Waals surface area contributed by atoms with Gasteiger partial charge in [-0.25, -0.2) is 9.07 Å². The summed E-state index contributed by atoms with van der Waals surface area (Å²) >= 11 is 0. The fourth-order valence-corrected chi connectivity index (χ4v) is 2.92. The lowest BCUT2D eigenvalue weighted by atomic mass is 10.00. The molecule has 0 radical (unpaired) electrons. The molecule has 1 atom stereocenters. The number of amides is 1. The van der Waals surface area contributed by atoms with Crippen LogP contribution in [0, 0.1) is 5.82 Å². The second-order valence-electron chi connectivity index (χ2n) is 6.51. The van der Waals surface area contributed by atoms with E-state index < -0.39 is 17.3 Å². The molecule has 1 saturated heterocycles. The van der Waals surface area contributed by atoms with E-state index in [0.717, 1.165) is 0 Å². The van der Waals surface area contributed by atoms with Crippen LogP contribution < -0.4 is 4.74 Å². The standard InChI is InChI=1S/C17H21FN4O3/c1-11(2)22-9-14(19-20-22)17(24)7-8-21(10-17)16(23)12-5-4-6-13(25-3)15(12)18/h4-6,9,11,24H,7-8,10H2,1-3H3. The molecule has 2 heterocycles. The lowest BCUT2D eigenvalue weighted by molar-refractivity contribution is 0.0380. The maximum Gasteiger partial charge on any atom is 0.257 e. The third-order valence-electron chi connectivity index (χ3n) is 4.46. The number of rotatable bonds is 4. The van der Waals surface area contributed by atoms with Crippen LogP contribution in [-0.2, 0) is 5.60 Å². The Kier molecular flexibility index (Phi) is 4.47. The van der Waals surface area contributed by atoms with Gasteiger partial charge in [0.25, 0.3) is 5.91 Å². The summed E-state index contributed by atoms with van der Waals surface area (Å²) in [6.45, 7) is 4.26. The lowest BCUT2D eigenvalue weighted by Gasteiger charge is -2.21. The summed E-state index contributed by atoms with van der Waals surface area (Å²) in [5.41, 5.74) is -0.935. The molecule has 134 valence electrons. The van der Waals surface area contributed by atoms with Gasteiger partial charge in [-0.1, -0.05) is 11.3 Å². The van der Waals surface area contributed by atoms with Crippen molar-refractivity contribution < 1.29 is 19.0 Å². The normalized spacial score (nSPS) is 20.3. The molecule has 1 fully saturated rings. The third-order valence-corrected chi connectivity index (χ3v) is 4.46. The average Bonchev–Trinajstić information content (AvgIpc) is 3.22. The molecule has 1 aromatic heterocycles. The van der Waals surface area contributed by atoms with E-state index in [1.54, 1.807) is 16.9 Å². The van der Waals surface area contributed by atoms with Gasteiger partial charge in [0, 0.05) is 19.0 Å². The van der Waals surface area contributed by atoms with E-state index in [1.807, 2.05) is 13.8 Å². The van der Waals surface area contributed by atoms with Gasteiger partial charge < -0.3 is 14.7 Å². The lowest BCUT2D eigenvalue weighted by Crippen LogP contribution is -2.35. The highest BCUT2D eigenvalue weighted by atomic mass is 19.1. The Balaban J connectivity index is 1.81. The summed E-state index contributed by atoms with van der Waals surface area (Å²) < 4.78 is 20.9. The van der Waals surface area contributed by atoms with E-state index in [-0.39, 0.29) is 23.9 Å². The molecule has 1 aliphatic heterocycles. The van der Waals surface area contributed by atoms with E-state index in [0.29, 0.717) is 18.7 Å². The predicted octanol–water partition coefficient (Wildman–Crippen LogP) is 1.74. The van der Waals surface area contributed by atoms with Crippen molar-refractivity contribution in [3.05, 3.63) is 41.5 Å². The number of aromatic nitrogens is 3. The van der Waals surface area contributed by atoms with E-state index in [4.69, 9.17) is 4.74 Å². The van der Waals surface area contributed by atoms with Gasteiger partial charge in [0.15, 0.2) is 11.6 Å². The van der Waals surface area contributed by atoms with E-state index in [9.17, 15) is 14.3 Å². The number of β-amino-alcohol motifs (C(OH)–C–C–N with tert-alkyl or cyclic N) is 1. The predicted molar refractivity (Wildman–Crippen MR) is 87.8 cm³/mol. The van der Waals surface area contributed by atoms with Gasteiger partial charge in [-0.2, -0.15) is 0 Å². The van der Waals surface area contributed by atoms with Crippen molar-refractivity contribution in [2.24, 2.45) is 0 Å². The van der Waals surface area contributed by atoms with Crippen LogP contribution in [-0.4, -0.2) is 51.1 Å². The Morgan fingerprint density at radius 3 is 2.84 bits per heavy atom. The van der Waals surface area contributed by atoms with Crippen molar-refractivity contribution in [2.45, 2.75) is 31.9 Å². The summed E-state index contributed by atoms with van der Waals surface area (Å²) in [5, 5.41) is 18.9. The van der Waals surface area contributed by atoms with E-state index in [1.165, 1.54) is 24.1 Å². The minimum absolute atomic E-state index is 0.0141. The maximum absolute atomic E-state index is 14.3. The van der Waals surface area contributed by atoms with Crippen molar-refractivity contribution in [2.75, 3.05) is 20.2 Å². The molecule has 3 rings (SSSR count). The Morgan fingerprint density at radius 2 is 2.20 bits per heavy atom. The molecule has 1 N–H and O–H groups in total. The number of methoxy groups -OCH3 is 1. The van der Waals surface area contributed by atoms with Crippen LogP contribution in [0.2, 0.25) is 0 Å². The molecule has 8 heteroatoms. The zero-order valence-corrected chi connectivity index (χ0v) is 14.4. The number of carbonyl (C=O) groups excluding carboxylic acids is 1. The minimum atomic E-state index is -1.28. The largest absolute Gasteiger partial charge is 0.494 e. The molecule has 0 aliphatic carbocycles. The van der Waals surface area contributed by atoms with Gasteiger partial charge in [0.2, 0.25) is 0 Å². The monoisotopic (exact) mass is 348 g/mol. The highest BCUT2D eigenvalue weighted by molar-refractivity contribution is 5.95. The molecule has 0 bridgehead atoms. The quantitative estimate of drug-likeness (QED) is 0.910. The molecular weight excluding hydrogens is 327 g/mol. The molecule has 25 heavy (non-hydrogen) atoms. The summed E-state index contributed by atoms with van der Waals surface area (Å²) in [6.07, 6.45) is 2.01. The number of hydrogen-bond acceptors (Lipinski definition) is 5. The van der Waals surface area contributed by atoms with Crippen LogP contribution in [0.25, 0.3) is 0 Å². The summed E-state index contributed by atoms with van der Waals surface area (Å²) in [4.78, 5) is 14.1. The smallest absolute Gasteiger partial charge is 0.257 e. The number of ether oxygens (including phenoxy) is 1. The number of carbonyl (C=O) groups is 1. The van der Waals surface area contributed by atoms with Crippen LogP contribution in [0.5, 0.6) is 5.75 Å². The fraction of sp³-hybridized carbons (Fsp3) is 0.471. The van der Waals surface area contributed by atoms with Crippen molar-refractivity contribution in [1.82, 2.24) is 19.9 Å². The van der Waals surface area contributed by atoms with Gasteiger partial charge in [-0.15, -0.1) is 5.10 Å². The van der Waals surface area contributed by atoms with Gasteiger partial charge in [0.05, 0.1) is 25.4 Å². The minimum Gasteiger partial charge on any atom is -0.494 e. The first kappa shape index (κ1) is 17.3. The van der Waals surface area contributed by atoms with Crippen LogP contribution in [0.1, 0.15) is 42.4 Å². The molecule has 1 aromatic carbocycles. The summed E-state index contributed by atoms with van der Waals surface area (Å²) in [7, 11) is 1.35. The number of aliphatic hydroxyl groups is 1. The number of halogens is 1. The van der Waals surface area contributed by atoms with Crippen LogP contribution in [0.3, 0.4) is 0 Å². The number of hydrogen-bond donors (Lipinski definition) is 1. The van der Waals surface area contributed by atoms with Gasteiger partial charge >= 0.3 is 0 Å². The van der Waals surface area contributed by atoms with Crippen LogP contribution in [0.4, 0.5) is 4.39 Å². The SMILES string of the molecule is COc1cccc(C(=O)N2CCC(O)(c3cn(C(C)C)nn3)C2)c1F. The molecule has 2 aromatic rings. The zero-order chi connectivity index (χ0) is 18.2. The number of likely N-dealkylation sites (tertiary alicyclic amines) is 1. The molecule has 1 aliphatic rings. The average molecular weight is 348 g/mol. The maximum atomic E-state index is 14.3. The second-order valence-corrected chi connectivity index (χ2v) is 6.51. The summed E-state index contributed by atoms with van der Waals surface area (Å²) in [5.74, 6) is -1.17. The molecule has 1 unspecified atom stereocenters. The highest BCUT2D eigenvalue weighted by Gasteiger charge is 2.42. The number of benzene rings is 1. The zero-order valence-electron chi connectivity index (χ0n) is 14.4. The van der Waals surface area contributed by atoms with Crippen molar-refractivity contribution >= 4 is 5.91 Å². The Hall–Kier alpha value is -2.48. The number of nitrogens with zero attached hydrogens (tertiary/aromatic N) is 4. The van der Waals surface area contributed by atoms with Crippen molar-refractivity contribution in [3.63, 3.8) is 0 Å². The molecular formula is C17H21FN4O3. The second kappa shape index (κ2) is 6.44. The van der Waals surface area contributed by atoms with Crippen LogP contribution >= 0.6 is 0 Å². The highest BCUT2D eigenvalue weighted by Crippen LogP contribution is 2.32. The Bertz CT molecular complexity index is 792. The van der Waals surface area contributed by atoms with Gasteiger partial charge in [-0.05, 0) is 26.0 Å². The van der Waals surface area contributed by atoms with E-state index in [2.05, 4.69) is 10.3 Å². The Labute approximate surface area is 145 Å². The van der Waals surface area contributed by atoms with Crippen LogP contribution in [0.15, 0.2) is 24.4 Å². The first-order valence-corrected chi connectivity index (χ1v) is 8.12. The first-order chi connectivity index (χ1) is 11.9.